The topological polar surface area (TPSA) is 42.5 Å². The molecule has 2 N–H and O–H groups in total. The molecule has 24 heavy (non-hydrogen) atoms. The molecule has 0 fully saturated rings. The van der Waals surface area contributed by atoms with Gasteiger partial charge in [-0.25, -0.2) is 0 Å². The van der Waals surface area contributed by atoms with E-state index in [-0.39, 0.29) is 6.04 Å². The van der Waals surface area contributed by atoms with E-state index < -0.39 is 0 Å². The van der Waals surface area contributed by atoms with Gasteiger partial charge >= 0.3 is 0 Å². The van der Waals surface area contributed by atoms with E-state index in [2.05, 4.69) is 34.9 Å². The number of fused-ring (bicyclic) bond motifs is 1. The fraction of sp³-hybridized carbons (Fsp3) is 0.316. The normalized spacial score (nSPS) is 16.0. The summed E-state index contributed by atoms with van der Waals surface area (Å²) in [5, 5.41) is 7.28. The Morgan fingerprint density at radius 2 is 1.88 bits per heavy atom. The largest absolute Gasteiger partial charge is 0.493 e. The zero-order chi connectivity index (χ0) is 16.9. The lowest BCUT2D eigenvalue weighted by molar-refractivity contribution is 0.355. The molecule has 0 saturated heterocycles. The first-order valence-corrected chi connectivity index (χ1v) is 8.49. The van der Waals surface area contributed by atoms with Crippen LogP contribution in [0.3, 0.4) is 0 Å². The van der Waals surface area contributed by atoms with Gasteiger partial charge < -0.3 is 20.1 Å². The van der Waals surface area contributed by atoms with Crippen LogP contribution in [0.1, 0.15) is 30.0 Å². The number of benzene rings is 2. The van der Waals surface area contributed by atoms with Crippen molar-refractivity contribution in [1.29, 1.82) is 0 Å². The Bertz CT molecular complexity index is 733. The molecular weight excluding hydrogens is 320 g/mol. The minimum atomic E-state index is 0.259. The van der Waals surface area contributed by atoms with Crippen LogP contribution < -0.4 is 20.1 Å². The summed E-state index contributed by atoms with van der Waals surface area (Å²) in [4.78, 5) is 0. The Morgan fingerprint density at radius 3 is 2.67 bits per heavy atom. The minimum Gasteiger partial charge on any atom is -0.493 e. The lowest BCUT2D eigenvalue weighted by Gasteiger charge is -2.27. The highest BCUT2D eigenvalue weighted by molar-refractivity contribution is 7.80. The Morgan fingerprint density at radius 1 is 1.08 bits per heavy atom. The van der Waals surface area contributed by atoms with Crippen LogP contribution in [0.4, 0.5) is 5.69 Å². The molecule has 0 unspecified atom stereocenters. The lowest BCUT2D eigenvalue weighted by Crippen LogP contribution is -2.34. The molecule has 126 valence electrons. The van der Waals surface area contributed by atoms with Gasteiger partial charge in [-0.3, -0.25) is 0 Å². The number of thiocarbonyl (C=S) groups is 1. The van der Waals surface area contributed by atoms with E-state index in [1.165, 1.54) is 17.5 Å². The van der Waals surface area contributed by atoms with Gasteiger partial charge in [-0.2, -0.15) is 0 Å². The lowest BCUT2D eigenvalue weighted by atomic mass is 9.88. The summed E-state index contributed by atoms with van der Waals surface area (Å²) in [6.07, 6.45) is 3.41. The van der Waals surface area contributed by atoms with E-state index >= 15 is 0 Å². The van der Waals surface area contributed by atoms with Crippen LogP contribution in [0.25, 0.3) is 0 Å². The first-order chi connectivity index (χ1) is 11.7. The Hall–Kier alpha value is -2.27. The smallest absolute Gasteiger partial charge is 0.171 e. The van der Waals surface area contributed by atoms with Crippen LogP contribution in [0.2, 0.25) is 0 Å². The third-order valence-corrected chi connectivity index (χ3v) is 4.54. The van der Waals surface area contributed by atoms with Crippen molar-refractivity contribution in [1.82, 2.24) is 5.32 Å². The number of nitrogens with one attached hydrogen (secondary N) is 2. The summed E-state index contributed by atoms with van der Waals surface area (Å²) in [5.74, 6) is 1.37. The Kier molecular flexibility index (Phi) is 5.20. The van der Waals surface area contributed by atoms with Crippen LogP contribution in [-0.4, -0.2) is 19.3 Å². The summed E-state index contributed by atoms with van der Waals surface area (Å²) in [6, 6.07) is 14.5. The van der Waals surface area contributed by atoms with Gasteiger partial charge in [0.05, 0.1) is 20.3 Å². The number of hydrogen-bond donors (Lipinski definition) is 2. The van der Waals surface area contributed by atoms with Crippen molar-refractivity contribution in [3.63, 3.8) is 0 Å². The number of aryl methyl sites for hydroxylation is 1. The molecule has 1 aliphatic carbocycles. The Balaban J connectivity index is 1.69. The van der Waals surface area contributed by atoms with E-state index in [9.17, 15) is 0 Å². The third-order valence-electron chi connectivity index (χ3n) is 4.32. The van der Waals surface area contributed by atoms with Crippen molar-refractivity contribution in [2.75, 3.05) is 19.5 Å². The molecule has 0 spiro atoms. The maximum Gasteiger partial charge on any atom is 0.171 e. The molecule has 0 saturated carbocycles. The van der Waals surface area contributed by atoms with E-state index in [0.29, 0.717) is 16.6 Å². The van der Waals surface area contributed by atoms with Crippen LogP contribution in [0, 0.1) is 0 Å². The van der Waals surface area contributed by atoms with Gasteiger partial charge in [-0.15, -0.1) is 0 Å². The van der Waals surface area contributed by atoms with E-state index in [0.717, 1.165) is 18.5 Å². The molecule has 4 nitrogen and oxygen atoms in total. The molecule has 0 aliphatic heterocycles. The molecule has 2 aromatic rings. The molecule has 0 amide bonds. The first kappa shape index (κ1) is 16.6. The van der Waals surface area contributed by atoms with Crippen molar-refractivity contribution >= 4 is 23.0 Å². The summed E-state index contributed by atoms with van der Waals surface area (Å²) in [6.45, 7) is 0. The van der Waals surface area contributed by atoms with Crippen molar-refractivity contribution in [3.05, 3.63) is 53.6 Å². The van der Waals surface area contributed by atoms with Gasteiger partial charge in [0.15, 0.2) is 16.6 Å². The van der Waals surface area contributed by atoms with Crippen molar-refractivity contribution in [2.24, 2.45) is 0 Å². The van der Waals surface area contributed by atoms with E-state index in [1.807, 2.05) is 18.2 Å². The summed E-state index contributed by atoms with van der Waals surface area (Å²) in [7, 11) is 3.24. The number of methoxy groups -OCH3 is 2. The first-order valence-electron chi connectivity index (χ1n) is 8.08. The molecule has 0 bridgehead atoms. The molecule has 1 aliphatic rings. The quantitative estimate of drug-likeness (QED) is 0.820. The van der Waals surface area contributed by atoms with Crippen molar-refractivity contribution in [2.45, 2.75) is 25.3 Å². The standard InChI is InChI=1S/C19H22N2O2S/c1-22-17-11-10-14(12-18(17)23-2)20-19(24)21-16-9-5-7-13-6-3-4-8-15(13)16/h3-4,6,8,10-12,16H,5,7,9H2,1-2H3,(H2,20,21,24)/t16-/m0/s1. The van der Waals surface area contributed by atoms with Crippen LogP contribution >= 0.6 is 12.2 Å². The predicted octanol–water partition coefficient (Wildman–Crippen LogP) is 4.07. The van der Waals surface area contributed by atoms with E-state index in [1.54, 1.807) is 14.2 Å². The third kappa shape index (κ3) is 3.62. The van der Waals surface area contributed by atoms with Crippen molar-refractivity contribution in [3.8, 4) is 11.5 Å². The molecule has 3 rings (SSSR count). The molecule has 0 heterocycles. The van der Waals surface area contributed by atoms with Gasteiger partial charge in [0.1, 0.15) is 0 Å². The van der Waals surface area contributed by atoms with Gasteiger partial charge in [0.25, 0.3) is 0 Å². The maximum atomic E-state index is 5.49. The average molecular weight is 342 g/mol. The molecule has 2 aromatic carbocycles. The highest BCUT2D eigenvalue weighted by Crippen LogP contribution is 2.31. The second-order valence-electron chi connectivity index (χ2n) is 5.81. The molecule has 0 aromatic heterocycles. The van der Waals surface area contributed by atoms with Crippen LogP contribution in [-0.2, 0) is 6.42 Å². The predicted molar refractivity (Wildman–Crippen MR) is 101 cm³/mol. The number of hydrogen-bond acceptors (Lipinski definition) is 3. The second kappa shape index (κ2) is 7.53. The molecule has 1 atom stereocenters. The minimum absolute atomic E-state index is 0.259. The maximum absolute atomic E-state index is 5.49. The number of anilines is 1. The zero-order valence-corrected chi connectivity index (χ0v) is 14.8. The van der Waals surface area contributed by atoms with Gasteiger partial charge in [-0.05, 0) is 54.7 Å². The number of ether oxygens (including phenoxy) is 2. The summed E-state index contributed by atoms with van der Waals surface area (Å²) >= 11 is 5.49. The molecule has 0 radical (unpaired) electrons. The molecule has 5 heteroatoms. The summed E-state index contributed by atoms with van der Waals surface area (Å²) < 4.78 is 10.6. The summed E-state index contributed by atoms with van der Waals surface area (Å²) in [5.41, 5.74) is 3.63. The monoisotopic (exact) mass is 342 g/mol. The fourth-order valence-corrected chi connectivity index (χ4v) is 3.40. The van der Waals surface area contributed by atoms with Crippen LogP contribution in [0.5, 0.6) is 11.5 Å². The zero-order valence-electron chi connectivity index (χ0n) is 14.0. The fourth-order valence-electron chi connectivity index (χ4n) is 3.14. The second-order valence-corrected chi connectivity index (χ2v) is 6.22. The average Bonchev–Trinajstić information content (AvgIpc) is 2.62. The van der Waals surface area contributed by atoms with Gasteiger partial charge in [0.2, 0.25) is 0 Å². The molecular formula is C19H22N2O2S. The van der Waals surface area contributed by atoms with Gasteiger partial charge in [0, 0.05) is 11.8 Å². The highest BCUT2D eigenvalue weighted by atomic mass is 32.1. The highest BCUT2D eigenvalue weighted by Gasteiger charge is 2.20. The SMILES string of the molecule is COc1ccc(NC(=S)N[C@H]2CCCc3ccccc32)cc1OC. The van der Waals surface area contributed by atoms with Gasteiger partial charge in [-0.1, -0.05) is 24.3 Å². The Labute approximate surface area is 148 Å². The van der Waals surface area contributed by atoms with E-state index in [4.69, 9.17) is 21.7 Å². The number of rotatable bonds is 4. The van der Waals surface area contributed by atoms with Crippen LogP contribution in [0.15, 0.2) is 42.5 Å². The van der Waals surface area contributed by atoms with Crippen molar-refractivity contribution < 1.29 is 9.47 Å².